The highest BCUT2D eigenvalue weighted by molar-refractivity contribution is 9.10. The van der Waals surface area contributed by atoms with Crippen LogP contribution in [-0.4, -0.2) is 18.3 Å². The molecule has 1 heterocycles. The van der Waals surface area contributed by atoms with Gasteiger partial charge in [0.25, 0.3) is 0 Å². The van der Waals surface area contributed by atoms with E-state index in [4.69, 9.17) is 16.3 Å². The molecule has 88 valence electrons. The van der Waals surface area contributed by atoms with Crippen LogP contribution in [0.1, 0.15) is 18.4 Å². The molecule has 1 aliphatic rings. The summed E-state index contributed by atoms with van der Waals surface area (Å²) in [5, 5.41) is 10.3. The number of hydrogen-bond donors (Lipinski definition) is 1. The van der Waals surface area contributed by atoms with Crippen LogP contribution in [0, 0.1) is 5.82 Å². The summed E-state index contributed by atoms with van der Waals surface area (Å²) in [7, 11) is 0. The molecule has 1 atom stereocenters. The monoisotopic (exact) mass is 308 g/mol. The topological polar surface area (TPSA) is 29.5 Å². The van der Waals surface area contributed by atoms with Crippen molar-refractivity contribution in [1.29, 1.82) is 0 Å². The van der Waals surface area contributed by atoms with Gasteiger partial charge >= 0.3 is 0 Å². The third kappa shape index (κ3) is 2.12. The summed E-state index contributed by atoms with van der Waals surface area (Å²) in [6.07, 6.45) is 1.20. The van der Waals surface area contributed by atoms with E-state index >= 15 is 0 Å². The van der Waals surface area contributed by atoms with Gasteiger partial charge in [-0.05, 0) is 34.8 Å². The molecule has 0 bridgehead atoms. The molecule has 1 aromatic carbocycles. The Kier molecular flexibility index (Phi) is 3.54. The number of aliphatic hydroxyl groups is 1. The van der Waals surface area contributed by atoms with Crippen LogP contribution >= 0.6 is 27.5 Å². The van der Waals surface area contributed by atoms with Gasteiger partial charge in [-0.2, -0.15) is 0 Å². The Bertz CT molecular complexity index is 405. The Labute approximate surface area is 106 Å². The lowest BCUT2D eigenvalue weighted by molar-refractivity contribution is -0.0920. The smallest absolute Gasteiger partial charge is 0.149 e. The molecule has 5 heteroatoms. The summed E-state index contributed by atoms with van der Waals surface area (Å²) in [5.74, 6) is -0.580. The molecule has 1 aromatic rings. The van der Waals surface area contributed by atoms with E-state index in [0.29, 0.717) is 23.9 Å². The average Bonchev–Trinajstić information content (AvgIpc) is 2.27. The summed E-state index contributed by atoms with van der Waals surface area (Å²) < 4.78 is 19.6. The first-order chi connectivity index (χ1) is 7.54. The van der Waals surface area contributed by atoms with Gasteiger partial charge in [0, 0.05) is 16.6 Å². The number of hydrogen-bond acceptors (Lipinski definition) is 2. The van der Waals surface area contributed by atoms with Crippen LogP contribution in [0.2, 0.25) is 5.02 Å². The van der Waals surface area contributed by atoms with Crippen molar-refractivity contribution >= 4 is 27.5 Å². The second-order valence-corrected chi connectivity index (χ2v) is 5.14. The fourth-order valence-electron chi connectivity index (χ4n) is 1.88. The molecule has 2 rings (SSSR count). The molecular weight excluding hydrogens is 298 g/mol. The van der Waals surface area contributed by atoms with Crippen LogP contribution in [0.25, 0.3) is 0 Å². The minimum atomic E-state index is -1.26. The minimum Gasteiger partial charge on any atom is -0.383 e. The zero-order valence-corrected chi connectivity index (χ0v) is 10.8. The maximum Gasteiger partial charge on any atom is 0.149 e. The summed E-state index contributed by atoms with van der Waals surface area (Å²) in [4.78, 5) is 0. The van der Waals surface area contributed by atoms with Crippen LogP contribution in [0.3, 0.4) is 0 Å². The second-order valence-electron chi connectivity index (χ2n) is 3.91. The second kappa shape index (κ2) is 4.61. The molecule has 1 unspecified atom stereocenters. The van der Waals surface area contributed by atoms with Gasteiger partial charge in [-0.25, -0.2) is 4.39 Å². The number of halogens is 3. The van der Waals surface area contributed by atoms with Crippen LogP contribution in [0.4, 0.5) is 4.39 Å². The normalized spacial score (nSPS) is 25.8. The Morgan fingerprint density at radius 1 is 1.50 bits per heavy atom. The molecule has 0 saturated carbocycles. The van der Waals surface area contributed by atoms with Crippen LogP contribution in [0.5, 0.6) is 0 Å². The van der Waals surface area contributed by atoms with Gasteiger partial charge in [-0.3, -0.25) is 0 Å². The molecule has 1 aliphatic heterocycles. The quantitative estimate of drug-likeness (QED) is 0.807. The zero-order valence-electron chi connectivity index (χ0n) is 8.47. The van der Waals surface area contributed by atoms with Crippen LogP contribution < -0.4 is 0 Å². The molecule has 0 aromatic heterocycles. The van der Waals surface area contributed by atoms with E-state index in [1.807, 2.05) is 0 Å². The summed E-state index contributed by atoms with van der Waals surface area (Å²) in [6, 6.07) is 3.17. The fraction of sp³-hybridized carbons (Fsp3) is 0.455. The summed E-state index contributed by atoms with van der Waals surface area (Å²) in [5.41, 5.74) is -1.05. The molecule has 1 N–H and O–H groups in total. The predicted octanol–water partition coefficient (Wildman–Crippen LogP) is 3.24. The third-order valence-corrected chi connectivity index (χ3v) is 4.02. The summed E-state index contributed by atoms with van der Waals surface area (Å²) >= 11 is 8.93. The van der Waals surface area contributed by atoms with Gasteiger partial charge in [-0.1, -0.05) is 17.7 Å². The van der Waals surface area contributed by atoms with E-state index < -0.39 is 11.4 Å². The van der Waals surface area contributed by atoms with E-state index in [2.05, 4.69) is 15.9 Å². The standard InChI is InChI=1S/C11H11BrClFO2/c12-8-3-2-7(10(14)9(8)13)11(15)4-1-5-16-6-11/h2-3,15H,1,4-6H2. The molecule has 0 spiro atoms. The Hall–Kier alpha value is -0.160. The van der Waals surface area contributed by atoms with Gasteiger partial charge in [0.1, 0.15) is 11.4 Å². The predicted molar refractivity (Wildman–Crippen MR) is 63.1 cm³/mol. The third-order valence-electron chi connectivity index (χ3n) is 2.76. The van der Waals surface area contributed by atoms with Crippen molar-refractivity contribution in [3.8, 4) is 0 Å². The van der Waals surface area contributed by atoms with Crippen molar-refractivity contribution < 1.29 is 14.2 Å². The van der Waals surface area contributed by atoms with Crippen molar-refractivity contribution in [2.75, 3.05) is 13.2 Å². The van der Waals surface area contributed by atoms with E-state index in [1.165, 1.54) is 0 Å². The van der Waals surface area contributed by atoms with Gasteiger partial charge in [0.05, 0.1) is 11.6 Å². The highest BCUT2D eigenvalue weighted by Gasteiger charge is 2.35. The SMILES string of the molecule is OC1(c2ccc(Br)c(Cl)c2F)CCCOC1. The number of benzene rings is 1. The molecule has 2 nitrogen and oxygen atoms in total. The minimum absolute atomic E-state index is 0.00324. The molecule has 0 amide bonds. The van der Waals surface area contributed by atoms with E-state index in [1.54, 1.807) is 12.1 Å². The lowest BCUT2D eigenvalue weighted by Gasteiger charge is -2.32. The highest BCUT2D eigenvalue weighted by atomic mass is 79.9. The highest BCUT2D eigenvalue weighted by Crippen LogP contribution is 2.36. The van der Waals surface area contributed by atoms with Crippen LogP contribution in [-0.2, 0) is 10.3 Å². The van der Waals surface area contributed by atoms with Crippen molar-refractivity contribution in [2.45, 2.75) is 18.4 Å². The van der Waals surface area contributed by atoms with Gasteiger partial charge in [-0.15, -0.1) is 0 Å². The fourth-order valence-corrected chi connectivity index (χ4v) is 2.35. The number of rotatable bonds is 1. The van der Waals surface area contributed by atoms with E-state index in [-0.39, 0.29) is 17.2 Å². The molecule has 1 saturated heterocycles. The lowest BCUT2D eigenvalue weighted by atomic mass is 9.88. The Morgan fingerprint density at radius 2 is 2.25 bits per heavy atom. The van der Waals surface area contributed by atoms with E-state index in [0.717, 1.165) is 0 Å². The van der Waals surface area contributed by atoms with Crippen LogP contribution in [0.15, 0.2) is 16.6 Å². The first kappa shape index (κ1) is 12.3. The molecular formula is C11H11BrClFO2. The molecule has 16 heavy (non-hydrogen) atoms. The van der Waals surface area contributed by atoms with Gasteiger partial charge in [0.15, 0.2) is 0 Å². The van der Waals surface area contributed by atoms with Crippen molar-refractivity contribution in [2.24, 2.45) is 0 Å². The zero-order chi connectivity index (χ0) is 11.8. The maximum atomic E-state index is 13.9. The average molecular weight is 310 g/mol. The summed E-state index contributed by atoms with van der Waals surface area (Å²) in [6.45, 7) is 0.718. The number of ether oxygens (including phenoxy) is 1. The van der Waals surface area contributed by atoms with Gasteiger partial charge < -0.3 is 9.84 Å². The first-order valence-corrected chi connectivity index (χ1v) is 6.16. The first-order valence-electron chi connectivity index (χ1n) is 4.99. The molecule has 0 aliphatic carbocycles. The Balaban J connectivity index is 2.43. The van der Waals surface area contributed by atoms with Crippen molar-refractivity contribution in [1.82, 2.24) is 0 Å². The maximum absolute atomic E-state index is 13.9. The van der Waals surface area contributed by atoms with Crippen molar-refractivity contribution in [3.63, 3.8) is 0 Å². The lowest BCUT2D eigenvalue weighted by Crippen LogP contribution is -2.36. The largest absolute Gasteiger partial charge is 0.383 e. The molecule has 0 radical (unpaired) electrons. The molecule has 1 fully saturated rings. The van der Waals surface area contributed by atoms with E-state index in [9.17, 15) is 9.50 Å². The van der Waals surface area contributed by atoms with Crippen molar-refractivity contribution in [3.05, 3.63) is 33.0 Å². The Morgan fingerprint density at radius 3 is 2.88 bits per heavy atom. The van der Waals surface area contributed by atoms with Gasteiger partial charge in [0.2, 0.25) is 0 Å².